The minimum Gasteiger partial charge on any atom is -0.493 e. The molecule has 0 bridgehead atoms. The molecule has 1 saturated heterocycles. The molecule has 1 fully saturated rings. The van der Waals surface area contributed by atoms with Crippen molar-refractivity contribution < 1.29 is 19.0 Å². The molecule has 9 nitrogen and oxygen atoms in total. The van der Waals surface area contributed by atoms with Gasteiger partial charge in [0, 0.05) is 67.2 Å². The van der Waals surface area contributed by atoms with Crippen molar-refractivity contribution in [3.8, 4) is 22.8 Å². The van der Waals surface area contributed by atoms with Crippen LogP contribution in [-0.4, -0.2) is 58.4 Å². The van der Waals surface area contributed by atoms with Crippen LogP contribution >= 0.6 is 0 Å². The van der Waals surface area contributed by atoms with Gasteiger partial charge in [-0.25, -0.2) is 9.78 Å². The van der Waals surface area contributed by atoms with Gasteiger partial charge in [0.2, 0.25) is 0 Å². The molecule has 3 N–H and O–H groups in total. The van der Waals surface area contributed by atoms with E-state index in [1.54, 1.807) is 14.2 Å². The Balaban J connectivity index is 1.38. The SMILES string of the molecule is COc1cc2c(-c3cc4c(CN5CC(CC(C)(C)OC(N)=O)C5)ccnc4[nH]3)cn(C)c2cc1OC. The van der Waals surface area contributed by atoms with Crippen molar-refractivity contribution in [2.45, 2.75) is 32.4 Å². The van der Waals surface area contributed by atoms with E-state index in [0.29, 0.717) is 17.4 Å². The van der Waals surface area contributed by atoms with E-state index in [0.717, 1.165) is 59.2 Å². The number of aromatic amines is 1. The molecule has 9 heteroatoms. The fourth-order valence-corrected chi connectivity index (χ4v) is 5.47. The number of methoxy groups -OCH3 is 2. The third-order valence-electron chi connectivity index (χ3n) is 6.99. The van der Waals surface area contributed by atoms with Crippen LogP contribution in [0.1, 0.15) is 25.8 Å². The number of H-pyrrole nitrogens is 1. The van der Waals surface area contributed by atoms with Gasteiger partial charge in [-0.1, -0.05) is 0 Å². The van der Waals surface area contributed by atoms with E-state index < -0.39 is 11.7 Å². The number of fused-ring (bicyclic) bond motifs is 2. The molecule has 0 unspecified atom stereocenters. The van der Waals surface area contributed by atoms with Crippen LogP contribution in [0, 0.1) is 5.92 Å². The van der Waals surface area contributed by atoms with Crippen LogP contribution in [0.2, 0.25) is 0 Å². The molecule has 1 aromatic carbocycles. The van der Waals surface area contributed by atoms with Gasteiger partial charge in [-0.2, -0.15) is 0 Å². The zero-order chi connectivity index (χ0) is 25.6. The van der Waals surface area contributed by atoms with Crippen molar-refractivity contribution in [2.75, 3.05) is 27.3 Å². The van der Waals surface area contributed by atoms with Crippen LogP contribution in [0.3, 0.4) is 0 Å². The highest BCUT2D eigenvalue weighted by Crippen LogP contribution is 2.39. The van der Waals surface area contributed by atoms with Crippen molar-refractivity contribution in [1.82, 2.24) is 19.4 Å². The average Bonchev–Trinajstić information content (AvgIpc) is 3.37. The quantitative estimate of drug-likeness (QED) is 0.377. The minimum absolute atomic E-state index is 0.473. The number of primary amides is 1. The summed E-state index contributed by atoms with van der Waals surface area (Å²) in [5.74, 6) is 1.88. The largest absolute Gasteiger partial charge is 0.493 e. The Morgan fingerprint density at radius 2 is 1.89 bits per heavy atom. The van der Waals surface area contributed by atoms with E-state index in [1.807, 2.05) is 39.2 Å². The van der Waals surface area contributed by atoms with Gasteiger partial charge in [0.15, 0.2) is 11.5 Å². The number of nitrogens with one attached hydrogen (secondary N) is 1. The number of aryl methyl sites for hydroxylation is 1. The zero-order valence-electron chi connectivity index (χ0n) is 21.4. The minimum atomic E-state index is -0.720. The Hall–Kier alpha value is -3.72. The molecule has 0 aliphatic carbocycles. The normalized spacial score (nSPS) is 14.8. The third kappa shape index (κ3) is 4.46. The van der Waals surface area contributed by atoms with E-state index in [-0.39, 0.29) is 0 Å². The van der Waals surface area contributed by atoms with Crippen LogP contribution in [0.4, 0.5) is 4.79 Å². The van der Waals surface area contributed by atoms with Gasteiger partial charge in [0.25, 0.3) is 0 Å². The van der Waals surface area contributed by atoms with E-state index in [2.05, 4.69) is 37.8 Å². The molecule has 0 spiro atoms. The average molecular weight is 492 g/mol. The lowest BCUT2D eigenvalue weighted by Gasteiger charge is -2.42. The first kappa shape index (κ1) is 24.0. The third-order valence-corrected chi connectivity index (χ3v) is 6.99. The van der Waals surface area contributed by atoms with Gasteiger partial charge >= 0.3 is 6.09 Å². The Kier molecular flexibility index (Phi) is 6.04. The second-order valence-electron chi connectivity index (χ2n) is 10.2. The number of pyridine rings is 1. The van der Waals surface area contributed by atoms with Crippen molar-refractivity contribution in [1.29, 1.82) is 0 Å². The summed E-state index contributed by atoms with van der Waals surface area (Å²) in [7, 11) is 5.33. The summed E-state index contributed by atoms with van der Waals surface area (Å²) in [6, 6.07) is 8.29. The fraction of sp³-hybridized carbons (Fsp3) is 0.407. The summed E-state index contributed by atoms with van der Waals surface area (Å²) in [5, 5.41) is 2.19. The van der Waals surface area contributed by atoms with E-state index in [9.17, 15) is 4.79 Å². The highest BCUT2D eigenvalue weighted by molar-refractivity contribution is 5.99. The first-order valence-corrected chi connectivity index (χ1v) is 12.1. The van der Waals surface area contributed by atoms with Gasteiger partial charge in [0.05, 0.1) is 19.7 Å². The monoisotopic (exact) mass is 491 g/mol. The molecule has 1 aliphatic heterocycles. The second kappa shape index (κ2) is 9.05. The molecule has 0 radical (unpaired) electrons. The van der Waals surface area contributed by atoms with Crippen molar-refractivity contribution >= 4 is 28.0 Å². The van der Waals surface area contributed by atoms with Crippen LogP contribution in [0.25, 0.3) is 33.2 Å². The molecule has 3 aromatic heterocycles. The van der Waals surface area contributed by atoms with Gasteiger partial charge in [-0.15, -0.1) is 0 Å². The van der Waals surface area contributed by atoms with Gasteiger partial charge in [-0.05, 0) is 49.9 Å². The van der Waals surface area contributed by atoms with E-state index in [4.69, 9.17) is 19.9 Å². The van der Waals surface area contributed by atoms with Crippen LogP contribution < -0.4 is 15.2 Å². The summed E-state index contributed by atoms with van der Waals surface area (Å²) in [4.78, 5) is 21.7. The number of nitrogens with zero attached hydrogens (tertiary/aromatic N) is 3. The van der Waals surface area contributed by atoms with Gasteiger partial charge in [-0.3, -0.25) is 4.90 Å². The number of carbonyl (C=O) groups excluding carboxylic acids is 1. The topological polar surface area (TPSA) is 108 Å². The van der Waals surface area contributed by atoms with Crippen molar-refractivity contribution in [3.63, 3.8) is 0 Å². The van der Waals surface area contributed by atoms with Crippen LogP contribution in [-0.2, 0) is 18.3 Å². The number of likely N-dealkylation sites (tertiary alicyclic amines) is 1. The van der Waals surface area contributed by atoms with Gasteiger partial charge < -0.3 is 29.5 Å². The standard InChI is InChI=1S/C27H33N5O4/c1-27(2,36-26(28)33)11-16-12-32(13-16)14-17-6-7-29-25-18(17)8-21(30-25)20-15-31(3)22-10-24(35-5)23(34-4)9-19(20)22/h6-10,15-16H,11-14H2,1-5H3,(H2,28,33)(H,29,30). The molecule has 4 aromatic rings. The molecular formula is C27H33N5O4. The summed E-state index contributed by atoms with van der Waals surface area (Å²) >= 11 is 0. The molecule has 190 valence electrons. The molecule has 1 aliphatic rings. The Morgan fingerprint density at radius 1 is 1.17 bits per heavy atom. The number of amides is 1. The van der Waals surface area contributed by atoms with Crippen LogP contribution in [0.15, 0.2) is 36.7 Å². The number of hydrogen-bond donors (Lipinski definition) is 2. The van der Waals surface area contributed by atoms with Crippen molar-refractivity contribution in [2.24, 2.45) is 18.7 Å². The molecule has 4 heterocycles. The number of carbonyl (C=O) groups is 1. The molecule has 36 heavy (non-hydrogen) atoms. The first-order chi connectivity index (χ1) is 17.2. The maximum atomic E-state index is 11.1. The highest BCUT2D eigenvalue weighted by Gasteiger charge is 2.34. The Labute approximate surface area is 210 Å². The fourth-order valence-electron chi connectivity index (χ4n) is 5.47. The highest BCUT2D eigenvalue weighted by atomic mass is 16.6. The lowest BCUT2D eigenvalue weighted by atomic mass is 9.87. The van der Waals surface area contributed by atoms with Crippen molar-refractivity contribution in [3.05, 3.63) is 42.2 Å². The number of benzene rings is 1. The molecular weight excluding hydrogens is 458 g/mol. The summed E-state index contributed by atoms with van der Waals surface area (Å²) in [5.41, 5.74) is 9.91. The smallest absolute Gasteiger partial charge is 0.405 e. The number of rotatable bonds is 8. The summed E-state index contributed by atoms with van der Waals surface area (Å²) in [6.45, 7) is 6.57. The number of hydrogen-bond acceptors (Lipinski definition) is 6. The number of nitrogens with two attached hydrogens (primary N) is 1. The maximum Gasteiger partial charge on any atom is 0.405 e. The molecule has 0 saturated carbocycles. The Bertz CT molecular complexity index is 1430. The van der Waals surface area contributed by atoms with E-state index >= 15 is 0 Å². The second-order valence-corrected chi connectivity index (χ2v) is 10.2. The first-order valence-electron chi connectivity index (χ1n) is 12.1. The zero-order valence-corrected chi connectivity index (χ0v) is 21.4. The number of aromatic nitrogens is 3. The lowest BCUT2D eigenvalue weighted by molar-refractivity contribution is -0.00960. The molecule has 0 atom stereocenters. The number of ether oxygens (including phenoxy) is 3. The van der Waals surface area contributed by atoms with Crippen LogP contribution in [0.5, 0.6) is 11.5 Å². The Morgan fingerprint density at radius 3 is 2.58 bits per heavy atom. The lowest BCUT2D eigenvalue weighted by Crippen LogP contribution is -2.49. The molecule has 1 amide bonds. The predicted octanol–water partition coefficient (Wildman–Crippen LogP) is 4.43. The van der Waals surface area contributed by atoms with Gasteiger partial charge in [0.1, 0.15) is 11.2 Å². The van der Waals surface area contributed by atoms with E-state index in [1.165, 1.54) is 5.56 Å². The molecule has 5 rings (SSSR count). The predicted molar refractivity (Wildman–Crippen MR) is 139 cm³/mol. The maximum absolute atomic E-state index is 11.1. The summed E-state index contributed by atoms with van der Waals surface area (Å²) in [6.07, 6.45) is 4.05. The summed E-state index contributed by atoms with van der Waals surface area (Å²) < 4.78 is 18.4.